The van der Waals surface area contributed by atoms with Gasteiger partial charge in [0.25, 0.3) is 0 Å². The van der Waals surface area contributed by atoms with Crippen LogP contribution in [-0.2, 0) is 14.3 Å². The summed E-state index contributed by atoms with van der Waals surface area (Å²) >= 11 is 1.60. The maximum atomic E-state index is 13.0. The van der Waals surface area contributed by atoms with Crippen molar-refractivity contribution in [3.63, 3.8) is 0 Å². The molecule has 154 valence electrons. The molecule has 0 saturated carbocycles. The molecule has 0 spiro atoms. The summed E-state index contributed by atoms with van der Waals surface area (Å²) in [5.41, 5.74) is 1.99. The van der Waals surface area contributed by atoms with E-state index in [2.05, 4.69) is 10.2 Å². The first-order chi connectivity index (χ1) is 14.1. The lowest BCUT2D eigenvalue weighted by Gasteiger charge is -2.28. The minimum Gasteiger partial charge on any atom is -0.379 e. The van der Waals surface area contributed by atoms with Crippen molar-refractivity contribution in [3.8, 4) is 0 Å². The van der Waals surface area contributed by atoms with Crippen molar-refractivity contribution in [2.24, 2.45) is 5.92 Å². The van der Waals surface area contributed by atoms with Crippen LogP contribution in [0.2, 0.25) is 0 Å². The van der Waals surface area contributed by atoms with Gasteiger partial charge in [0.1, 0.15) is 0 Å². The van der Waals surface area contributed by atoms with E-state index in [9.17, 15) is 9.59 Å². The van der Waals surface area contributed by atoms with E-state index in [-0.39, 0.29) is 30.2 Å². The summed E-state index contributed by atoms with van der Waals surface area (Å²) in [6, 6.07) is 11.7. The van der Waals surface area contributed by atoms with Gasteiger partial charge in [-0.15, -0.1) is 11.3 Å². The van der Waals surface area contributed by atoms with Crippen molar-refractivity contribution in [1.82, 2.24) is 10.2 Å². The van der Waals surface area contributed by atoms with E-state index in [4.69, 9.17) is 4.74 Å². The van der Waals surface area contributed by atoms with E-state index in [0.29, 0.717) is 6.54 Å². The third kappa shape index (κ3) is 4.52. The van der Waals surface area contributed by atoms with Crippen LogP contribution in [0, 0.1) is 12.8 Å². The number of morpholine rings is 1. The molecule has 0 radical (unpaired) electrons. The van der Waals surface area contributed by atoms with Crippen molar-refractivity contribution in [2.75, 3.05) is 44.3 Å². The van der Waals surface area contributed by atoms with Crippen LogP contribution in [0.5, 0.6) is 0 Å². The zero-order valence-corrected chi connectivity index (χ0v) is 17.5. The third-order valence-electron chi connectivity index (χ3n) is 5.64. The largest absolute Gasteiger partial charge is 0.379 e. The maximum absolute atomic E-state index is 13.0. The van der Waals surface area contributed by atoms with Gasteiger partial charge < -0.3 is 15.0 Å². The summed E-state index contributed by atoms with van der Waals surface area (Å²) in [6.45, 7) is 6.71. The lowest BCUT2D eigenvalue weighted by molar-refractivity contribution is -0.126. The Labute approximate surface area is 175 Å². The second-order valence-corrected chi connectivity index (χ2v) is 8.59. The smallest absolute Gasteiger partial charge is 0.228 e. The number of nitrogens with zero attached hydrogens (tertiary/aromatic N) is 2. The van der Waals surface area contributed by atoms with Crippen LogP contribution in [0.4, 0.5) is 5.69 Å². The molecule has 2 saturated heterocycles. The van der Waals surface area contributed by atoms with E-state index in [0.717, 1.165) is 49.0 Å². The summed E-state index contributed by atoms with van der Waals surface area (Å²) in [6.07, 6.45) is 0.236. The van der Waals surface area contributed by atoms with E-state index in [1.807, 2.05) is 48.7 Å². The van der Waals surface area contributed by atoms with Crippen LogP contribution in [-0.4, -0.2) is 56.1 Å². The normalized spacial score (nSPS) is 22.8. The molecule has 0 bridgehead atoms. The summed E-state index contributed by atoms with van der Waals surface area (Å²) < 4.78 is 5.37. The topological polar surface area (TPSA) is 61.9 Å². The number of amides is 2. The molecule has 2 unspecified atom stereocenters. The van der Waals surface area contributed by atoms with Gasteiger partial charge >= 0.3 is 0 Å². The van der Waals surface area contributed by atoms with Gasteiger partial charge in [0.15, 0.2) is 0 Å². The number of aryl methyl sites for hydroxylation is 1. The number of hydrogen-bond acceptors (Lipinski definition) is 5. The SMILES string of the molecule is Cc1ccc(N2C(=O)CC(C(=O)NCCN3CCOCC3)C2c2cccs2)cc1. The van der Waals surface area contributed by atoms with E-state index in [1.54, 1.807) is 16.2 Å². The predicted molar refractivity (Wildman–Crippen MR) is 114 cm³/mol. The number of ether oxygens (including phenoxy) is 1. The Bertz CT molecular complexity index is 831. The molecule has 2 aliphatic rings. The Morgan fingerprint density at radius 3 is 2.66 bits per heavy atom. The second-order valence-electron chi connectivity index (χ2n) is 7.62. The molecule has 2 aliphatic heterocycles. The number of rotatable bonds is 6. The van der Waals surface area contributed by atoms with Crippen LogP contribution >= 0.6 is 11.3 Å². The molecule has 1 aromatic carbocycles. The van der Waals surface area contributed by atoms with E-state index >= 15 is 0 Å². The average Bonchev–Trinajstić information content (AvgIpc) is 3.37. The number of carbonyl (C=O) groups excluding carboxylic acids is 2. The van der Waals surface area contributed by atoms with Gasteiger partial charge in [-0.2, -0.15) is 0 Å². The lowest BCUT2D eigenvalue weighted by Crippen LogP contribution is -2.43. The van der Waals surface area contributed by atoms with Gasteiger partial charge in [-0.1, -0.05) is 23.8 Å². The Balaban J connectivity index is 1.48. The molecule has 2 fully saturated rings. The van der Waals surface area contributed by atoms with Crippen LogP contribution in [0.1, 0.15) is 22.9 Å². The fraction of sp³-hybridized carbons (Fsp3) is 0.455. The molecule has 3 heterocycles. The first-order valence-corrected chi connectivity index (χ1v) is 11.0. The highest BCUT2D eigenvalue weighted by Gasteiger charge is 2.45. The number of carbonyl (C=O) groups is 2. The molecule has 2 atom stereocenters. The Hall–Kier alpha value is -2.22. The molecule has 1 aromatic heterocycles. The van der Waals surface area contributed by atoms with Gasteiger partial charge in [0.05, 0.1) is 25.2 Å². The minimum atomic E-state index is -0.382. The predicted octanol–water partition coefficient (Wildman–Crippen LogP) is 2.60. The van der Waals surface area contributed by atoms with Crippen molar-refractivity contribution in [3.05, 3.63) is 52.2 Å². The molecular formula is C22H27N3O3S. The van der Waals surface area contributed by atoms with Crippen molar-refractivity contribution >= 4 is 28.8 Å². The fourth-order valence-electron chi connectivity index (χ4n) is 4.06. The maximum Gasteiger partial charge on any atom is 0.228 e. The Morgan fingerprint density at radius 1 is 1.21 bits per heavy atom. The second kappa shape index (κ2) is 9.07. The summed E-state index contributed by atoms with van der Waals surface area (Å²) in [4.78, 5) is 31.1. The van der Waals surface area contributed by atoms with Crippen molar-refractivity contribution in [1.29, 1.82) is 0 Å². The van der Waals surface area contributed by atoms with Gasteiger partial charge in [0, 0.05) is 43.2 Å². The Morgan fingerprint density at radius 2 is 1.97 bits per heavy atom. The highest BCUT2D eigenvalue weighted by molar-refractivity contribution is 7.10. The molecular weight excluding hydrogens is 386 g/mol. The monoisotopic (exact) mass is 413 g/mol. The summed E-state index contributed by atoms with van der Waals surface area (Å²) in [5, 5.41) is 5.07. The van der Waals surface area contributed by atoms with Gasteiger partial charge in [-0.05, 0) is 30.5 Å². The zero-order chi connectivity index (χ0) is 20.2. The van der Waals surface area contributed by atoms with Crippen LogP contribution < -0.4 is 10.2 Å². The zero-order valence-electron chi connectivity index (χ0n) is 16.7. The quantitative estimate of drug-likeness (QED) is 0.791. The number of nitrogens with one attached hydrogen (secondary N) is 1. The lowest BCUT2D eigenvalue weighted by atomic mass is 9.97. The van der Waals surface area contributed by atoms with Crippen LogP contribution in [0.3, 0.4) is 0 Å². The standard InChI is InChI=1S/C22H27N3O3S/c1-16-4-6-17(7-5-16)25-20(26)15-18(21(25)19-3-2-14-29-19)22(27)23-8-9-24-10-12-28-13-11-24/h2-7,14,18,21H,8-13,15H2,1H3,(H,23,27). The molecule has 2 aromatic rings. The number of hydrogen-bond donors (Lipinski definition) is 1. The Kier molecular flexibility index (Phi) is 6.28. The highest BCUT2D eigenvalue weighted by atomic mass is 32.1. The van der Waals surface area contributed by atoms with Crippen molar-refractivity contribution < 1.29 is 14.3 Å². The molecule has 6 nitrogen and oxygen atoms in total. The number of anilines is 1. The van der Waals surface area contributed by atoms with Crippen LogP contribution in [0.25, 0.3) is 0 Å². The third-order valence-corrected chi connectivity index (χ3v) is 6.58. The van der Waals surface area contributed by atoms with Crippen molar-refractivity contribution in [2.45, 2.75) is 19.4 Å². The van der Waals surface area contributed by atoms with Gasteiger partial charge in [-0.25, -0.2) is 0 Å². The number of thiophene rings is 1. The van der Waals surface area contributed by atoms with E-state index in [1.165, 1.54) is 0 Å². The van der Waals surface area contributed by atoms with Crippen LogP contribution in [0.15, 0.2) is 41.8 Å². The van der Waals surface area contributed by atoms with Gasteiger partial charge in [-0.3, -0.25) is 14.5 Å². The highest BCUT2D eigenvalue weighted by Crippen LogP contribution is 2.43. The molecule has 4 rings (SSSR count). The minimum absolute atomic E-state index is 0.000539. The molecule has 29 heavy (non-hydrogen) atoms. The van der Waals surface area contributed by atoms with E-state index < -0.39 is 0 Å². The number of benzene rings is 1. The fourth-order valence-corrected chi connectivity index (χ4v) is 4.94. The first-order valence-electron chi connectivity index (χ1n) is 10.1. The molecule has 1 N–H and O–H groups in total. The molecule has 0 aliphatic carbocycles. The summed E-state index contributed by atoms with van der Waals surface area (Å²) in [7, 11) is 0. The average molecular weight is 414 g/mol. The first kappa shape index (κ1) is 20.1. The summed E-state index contributed by atoms with van der Waals surface area (Å²) in [5.74, 6) is -0.424. The molecule has 7 heteroatoms. The molecule has 2 amide bonds. The van der Waals surface area contributed by atoms with Gasteiger partial charge in [0.2, 0.25) is 11.8 Å².